The lowest BCUT2D eigenvalue weighted by Crippen LogP contribution is -2.39. The second kappa shape index (κ2) is 7.76. The maximum atomic E-state index is 11.2. The van der Waals surface area contributed by atoms with Crippen molar-refractivity contribution in [1.82, 2.24) is 0 Å². The summed E-state index contributed by atoms with van der Waals surface area (Å²) in [6, 6.07) is 0. The minimum atomic E-state index is -5.77. The summed E-state index contributed by atoms with van der Waals surface area (Å²) in [5.74, 6) is -6.49. The summed E-state index contributed by atoms with van der Waals surface area (Å²) in [5, 5.41) is -0.211. The fourth-order valence-electron chi connectivity index (χ4n) is 0.778. The first-order valence-corrected chi connectivity index (χ1v) is 7.23. The zero-order valence-corrected chi connectivity index (χ0v) is 12.1. The van der Waals surface area contributed by atoms with Gasteiger partial charge in [-0.2, -0.15) is 26.3 Å². The Labute approximate surface area is 117 Å². The molecule has 0 bridgehead atoms. The van der Waals surface area contributed by atoms with Crippen LogP contribution in [0.15, 0.2) is 0 Å². The second-order valence-electron chi connectivity index (χ2n) is 4.07. The van der Waals surface area contributed by atoms with Crippen LogP contribution in [0.2, 0.25) is 0 Å². The zero-order chi connectivity index (χ0) is 17.6. The molecular weight excluding hydrogens is 330 g/mol. The summed E-state index contributed by atoms with van der Waals surface area (Å²) < 4.78 is 88.8. The molecular formula is C10H14F6O4S. The highest BCUT2D eigenvalue weighted by atomic mass is 32.2. The van der Waals surface area contributed by atoms with Crippen LogP contribution in [0.25, 0.3) is 0 Å². The molecule has 0 saturated carbocycles. The van der Waals surface area contributed by atoms with E-state index in [4.69, 9.17) is 0 Å². The first kappa shape index (κ1) is 22.2. The van der Waals surface area contributed by atoms with Gasteiger partial charge in [-0.25, -0.2) is 8.42 Å². The molecule has 0 aromatic heterocycles. The summed E-state index contributed by atoms with van der Waals surface area (Å²) in [4.78, 5) is 19.2. The van der Waals surface area contributed by atoms with Crippen molar-refractivity contribution in [3.63, 3.8) is 0 Å². The molecule has 21 heavy (non-hydrogen) atoms. The number of rotatable bonds is 4. The molecule has 0 unspecified atom stereocenters. The Kier molecular flexibility index (Phi) is 8.19. The molecule has 0 fully saturated rings. The monoisotopic (exact) mass is 344 g/mol. The van der Waals surface area contributed by atoms with Gasteiger partial charge in [-0.3, -0.25) is 9.59 Å². The molecule has 0 N–H and O–H groups in total. The van der Waals surface area contributed by atoms with Crippen LogP contribution in [-0.2, 0) is 19.4 Å². The molecule has 0 aliphatic heterocycles. The van der Waals surface area contributed by atoms with Crippen molar-refractivity contribution in [3.05, 3.63) is 0 Å². The number of hydrogen-bond donors (Lipinski definition) is 0. The van der Waals surface area contributed by atoms with Crippen molar-refractivity contribution in [2.75, 3.05) is 5.75 Å². The fraction of sp³-hybridized carbons (Fsp3) is 0.800. The molecule has 0 aromatic carbocycles. The number of sulfone groups is 1. The van der Waals surface area contributed by atoms with E-state index in [9.17, 15) is 44.3 Å². The van der Waals surface area contributed by atoms with Crippen molar-refractivity contribution in [3.8, 4) is 0 Å². The van der Waals surface area contributed by atoms with Gasteiger partial charge in [0.25, 0.3) is 0 Å². The van der Waals surface area contributed by atoms with E-state index in [1.165, 1.54) is 0 Å². The van der Waals surface area contributed by atoms with E-state index in [1.54, 1.807) is 13.8 Å². The molecule has 0 spiro atoms. The molecule has 0 atom stereocenters. The van der Waals surface area contributed by atoms with E-state index >= 15 is 0 Å². The lowest BCUT2D eigenvalue weighted by atomic mass is 10.2. The second-order valence-corrected chi connectivity index (χ2v) is 6.75. The third-order valence-corrected chi connectivity index (χ3v) is 4.34. The van der Waals surface area contributed by atoms with Crippen molar-refractivity contribution in [1.29, 1.82) is 0 Å². The lowest BCUT2D eigenvalue weighted by Gasteiger charge is -2.05. The van der Waals surface area contributed by atoms with Crippen molar-refractivity contribution < 1.29 is 44.3 Å². The normalized spacial score (nSPS) is 12.7. The summed E-state index contributed by atoms with van der Waals surface area (Å²) >= 11 is 0. The highest BCUT2D eigenvalue weighted by Crippen LogP contribution is 2.23. The minimum absolute atomic E-state index is 0.211. The van der Waals surface area contributed by atoms with Crippen LogP contribution in [-0.4, -0.2) is 43.3 Å². The van der Waals surface area contributed by atoms with E-state index in [0.717, 1.165) is 6.42 Å². The number of Topliss-reactive ketones (excluding diaryl/α,β-unsaturated/α-hetero) is 2. The molecule has 126 valence electrons. The van der Waals surface area contributed by atoms with Gasteiger partial charge in [0.1, 0.15) is 0 Å². The average Bonchev–Trinajstić information content (AvgIpc) is 2.25. The smallest absolute Gasteiger partial charge is 0.280 e. The predicted octanol–water partition coefficient (Wildman–Crippen LogP) is 2.47. The van der Waals surface area contributed by atoms with E-state index in [1.807, 2.05) is 6.92 Å². The number of ketones is 2. The van der Waals surface area contributed by atoms with Crippen LogP contribution in [0.4, 0.5) is 26.3 Å². The first-order chi connectivity index (χ1) is 9.07. The maximum absolute atomic E-state index is 11.2. The Morgan fingerprint density at radius 3 is 1.29 bits per heavy atom. The predicted molar refractivity (Wildman–Crippen MR) is 61.3 cm³/mol. The van der Waals surface area contributed by atoms with E-state index in [0.29, 0.717) is 5.75 Å². The van der Waals surface area contributed by atoms with Gasteiger partial charge in [-0.15, -0.1) is 0 Å². The Hall–Kier alpha value is -1.13. The van der Waals surface area contributed by atoms with Crippen LogP contribution >= 0.6 is 0 Å². The van der Waals surface area contributed by atoms with Gasteiger partial charge >= 0.3 is 23.9 Å². The highest BCUT2D eigenvalue weighted by molar-refractivity contribution is 7.91. The summed E-state index contributed by atoms with van der Waals surface area (Å²) in [6.45, 7) is 5.30. The topological polar surface area (TPSA) is 68.3 Å². The lowest BCUT2D eigenvalue weighted by molar-refractivity contribution is -0.193. The third kappa shape index (κ3) is 8.68. The molecule has 0 saturated heterocycles. The van der Waals surface area contributed by atoms with Gasteiger partial charge in [0.2, 0.25) is 0 Å². The van der Waals surface area contributed by atoms with Crippen molar-refractivity contribution in [2.45, 2.75) is 44.8 Å². The van der Waals surface area contributed by atoms with Gasteiger partial charge < -0.3 is 0 Å². The summed E-state index contributed by atoms with van der Waals surface area (Å²) in [7, 11) is -2.75. The number of halogens is 6. The van der Waals surface area contributed by atoms with Crippen LogP contribution in [0.5, 0.6) is 0 Å². The number of carbonyl (C=O) groups is 2. The zero-order valence-electron chi connectivity index (χ0n) is 11.3. The Morgan fingerprint density at radius 2 is 1.19 bits per heavy atom. The van der Waals surface area contributed by atoms with Gasteiger partial charge in [-0.05, 0) is 20.3 Å². The van der Waals surface area contributed by atoms with Gasteiger partial charge in [0, 0.05) is 0 Å². The number of alkyl halides is 6. The molecule has 0 aromatic rings. The molecule has 0 rings (SSSR count). The summed E-state index contributed by atoms with van der Waals surface area (Å²) in [5.41, 5.74) is 0. The number of carbonyl (C=O) groups excluding carboxylic acids is 2. The Bertz CT molecular complexity index is 437. The Morgan fingerprint density at radius 1 is 0.905 bits per heavy atom. The highest BCUT2D eigenvalue weighted by Gasteiger charge is 2.54. The molecule has 4 nitrogen and oxygen atoms in total. The summed E-state index contributed by atoms with van der Waals surface area (Å²) in [6.07, 6.45) is -10.8. The standard InChI is InChI=1S/C6H14O2S.C4F6O2/c1-4-5-9(7,8)6(2)3;5-3(6,7)1(11)2(12)4(8,9)10/h6H,4-5H2,1-3H3;. The molecule has 0 aliphatic rings. The van der Waals surface area contributed by atoms with Crippen LogP contribution < -0.4 is 0 Å². The van der Waals surface area contributed by atoms with Crippen LogP contribution in [0, 0.1) is 0 Å². The molecule has 11 heteroatoms. The number of hydrogen-bond acceptors (Lipinski definition) is 4. The van der Waals surface area contributed by atoms with Gasteiger partial charge in [0.15, 0.2) is 9.84 Å². The molecule has 0 aliphatic carbocycles. The van der Waals surface area contributed by atoms with Crippen LogP contribution in [0.3, 0.4) is 0 Å². The van der Waals surface area contributed by atoms with Crippen LogP contribution in [0.1, 0.15) is 27.2 Å². The Balaban J connectivity index is 0. The first-order valence-electron chi connectivity index (χ1n) is 5.51. The van der Waals surface area contributed by atoms with E-state index in [2.05, 4.69) is 0 Å². The SMILES string of the molecule is CCCS(=O)(=O)C(C)C.O=C(C(=O)C(F)(F)F)C(F)(F)F. The average molecular weight is 344 g/mol. The van der Waals surface area contributed by atoms with E-state index in [-0.39, 0.29) is 5.25 Å². The van der Waals surface area contributed by atoms with Gasteiger partial charge in [-0.1, -0.05) is 6.92 Å². The minimum Gasteiger partial charge on any atom is -0.280 e. The third-order valence-electron chi connectivity index (χ3n) is 1.93. The maximum Gasteiger partial charge on any atom is 0.458 e. The van der Waals surface area contributed by atoms with Crippen molar-refractivity contribution >= 4 is 21.4 Å². The molecule has 0 heterocycles. The van der Waals surface area contributed by atoms with Crippen molar-refractivity contribution in [2.24, 2.45) is 0 Å². The molecule has 0 amide bonds. The van der Waals surface area contributed by atoms with Gasteiger partial charge in [0.05, 0.1) is 11.0 Å². The largest absolute Gasteiger partial charge is 0.458 e. The quantitative estimate of drug-likeness (QED) is 0.580. The molecule has 0 radical (unpaired) electrons. The fourth-order valence-corrected chi connectivity index (χ4v) is 1.82. The van der Waals surface area contributed by atoms with E-state index < -0.39 is 33.8 Å².